The highest BCUT2D eigenvalue weighted by atomic mass is 32.1. The minimum absolute atomic E-state index is 0.119. The minimum Gasteiger partial charge on any atom is -0.268 e. The SMILES string of the molecule is O=c1ccsn1CCCCCCCCn1sc2ccccc2c1=O. The van der Waals surface area contributed by atoms with Gasteiger partial charge in [0.25, 0.3) is 11.1 Å². The van der Waals surface area contributed by atoms with E-state index in [0.29, 0.717) is 0 Å². The highest BCUT2D eigenvalue weighted by molar-refractivity contribution is 7.13. The molecule has 0 N–H and O–H groups in total. The number of benzene rings is 1. The van der Waals surface area contributed by atoms with Crippen LogP contribution in [0.15, 0.2) is 45.3 Å². The Morgan fingerprint density at radius 1 is 0.792 bits per heavy atom. The molecule has 24 heavy (non-hydrogen) atoms. The Hall–Kier alpha value is -1.66. The molecule has 2 heterocycles. The number of hydrogen-bond donors (Lipinski definition) is 0. The van der Waals surface area contributed by atoms with Crippen LogP contribution in [0.5, 0.6) is 0 Å². The van der Waals surface area contributed by atoms with Crippen molar-refractivity contribution in [3.63, 3.8) is 0 Å². The van der Waals surface area contributed by atoms with Crippen molar-refractivity contribution >= 4 is 33.2 Å². The van der Waals surface area contributed by atoms with E-state index in [4.69, 9.17) is 0 Å². The molecule has 0 amide bonds. The van der Waals surface area contributed by atoms with E-state index in [0.717, 1.165) is 48.9 Å². The molecule has 0 fully saturated rings. The van der Waals surface area contributed by atoms with E-state index in [1.54, 1.807) is 17.6 Å². The molecule has 0 radical (unpaired) electrons. The Labute approximate surface area is 149 Å². The Kier molecular flexibility index (Phi) is 6.04. The molecule has 0 aliphatic rings. The Morgan fingerprint density at radius 3 is 2.12 bits per heavy atom. The van der Waals surface area contributed by atoms with E-state index in [-0.39, 0.29) is 11.1 Å². The third-order valence-electron chi connectivity index (χ3n) is 4.17. The Morgan fingerprint density at radius 2 is 1.46 bits per heavy atom. The van der Waals surface area contributed by atoms with Gasteiger partial charge in [-0.25, -0.2) is 0 Å². The summed E-state index contributed by atoms with van der Waals surface area (Å²) < 4.78 is 4.77. The largest absolute Gasteiger partial charge is 0.268 e. The quantitative estimate of drug-likeness (QED) is 0.532. The van der Waals surface area contributed by atoms with Crippen molar-refractivity contribution in [1.29, 1.82) is 0 Å². The fourth-order valence-corrected chi connectivity index (χ4v) is 4.60. The van der Waals surface area contributed by atoms with Gasteiger partial charge < -0.3 is 0 Å². The number of aromatic nitrogens is 2. The summed E-state index contributed by atoms with van der Waals surface area (Å²) in [6.07, 6.45) is 6.82. The van der Waals surface area contributed by atoms with Gasteiger partial charge in [0.15, 0.2) is 0 Å². The zero-order chi connectivity index (χ0) is 16.8. The van der Waals surface area contributed by atoms with E-state index < -0.39 is 0 Å². The predicted octanol–water partition coefficient (Wildman–Crippen LogP) is 4.33. The van der Waals surface area contributed by atoms with Gasteiger partial charge in [0, 0.05) is 24.5 Å². The summed E-state index contributed by atoms with van der Waals surface area (Å²) in [6, 6.07) is 9.44. The summed E-state index contributed by atoms with van der Waals surface area (Å²) in [5.74, 6) is 0. The standard InChI is InChI=1S/C18H22N2O2S2/c21-17-11-14-23-19(17)12-7-3-1-2-4-8-13-20-18(22)15-9-5-6-10-16(15)24-20/h5-6,9-11,14H,1-4,7-8,12-13H2. The molecule has 0 atom stereocenters. The summed E-state index contributed by atoms with van der Waals surface area (Å²) >= 11 is 3.06. The van der Waals surface area contributed by atoms with Crippen molar-refractivity contribution in [3.8, 4) is 0 Å². The molecule has 3 rings (SSSR count). The first kappa shape index (κ1) is 17.2. The molecule has 3 aromatic rings. The molecule has 0 bridgehead atoms. The number of hydrogen-bond acceptors (Lipinski definition) is 4. The first-order valence-corrected chi connectivity index (χ1v) is 10.1. The number of unbranched alkanes of at least 4 members (excludes halogenated alkanes) is 5. The van der Waals surface area contributed by atoms with E-state index in [9.17, 15) is 9.59 Å². The van der Waals surface area contributed by atoms with E-state index >= 15 is 0 Å². The van der Waals surface area contributed by atoms with Gasteiger partial charge in [-0.15, -0.1) is 0 Å². The van der Waals surface area contributed by atoms with Crippen molar-refractivity contribution in [2.45, 2.75) is 51.6 Å². The van der Waals surface area contributed by atoms with E-state index in [2.05, 4.69) is 0 Å². The lowest BCUT2D eigenvalue weighted by Crippen LogP contribution is -2.12. The molecular formula is C18H22N2O2S2. The van der Waals surface area contributed by atoms with Gasteiger partial charge in [-0.3, -0.25) is 17.5 Å². The lowest BCUT2D eigenvalue weighted by Gasteiger charge is -2.03. The van der Waals surface area contributed by atoms with Crippen molar-refractivity contribution in [1.82, 2.24) is 7.91 Å². The second kappa shape index (κ2) is 8.44. The molecule has 128 valence electrons. The molecule has 0 spiro atoms. The van der Waals surface area contributed by atoms with Crippen LogP contribution < -0.4 is 11.1 Å². The van der Waals surface area contributed by atoms with Gasteiger partial charge in [0.2, 0.25) is 0 Å². The van der Waals surface area contributed by atoms with Crippen LogP contribution in [0.4, 0.5) is 0 Å². The first-order chi connectivity index (χ1) is 11.8. The molecule has 6 heteroatoms. The number of nitrogens with zero attached hydrogens (tertiary/aromatic N) is 2. The molecule has 0 aliphatic heterocycles. The molecule has 0 saturated carbocycles. The first-order valence-electron chi connectivity index (χ1n) is 8.49. The van der Waals surface area contributed by atoms with Crippen LogP contribution in [0.3, 0.4) is 0 Å². The van der Waals surface area contributed by atoms with Gasteiger partial charge in [0.05, 0.1) is 10.1 Å². The normalized spacial score (nSPS) is 11.3. The summed E-state index contributed by atoms with van der Waals surface area (Å²) in [5.41, 5.74) is 0.269. The van der Waals surface area contributed by atoms with Crippen molar-refractivity contribution in [3.05, 3.63) is 56.4 Å². The molecular weight excluding hydrogens is 340 g/mol. The van der Waals surface area contributed by atoms with Crippen molar-refractivity contribution in [2.24, 2.45) is 0 Å². The lowest BCUT2D eigenvalue weighted by atomic mass is 10.1. The molecule has 4 nitrogen and oxygen atoms in total. The number of rotatable bonds is 9. The third-order valence-corrected chi connectivity index (χ3v) is 6.17. The summed E-state index contributed by atoms with van der Waals surface area (Å²) in [6.45, 7) is 1.66. The molecule has 2 aromatic heterocycles. The van der Waals surface area contributed by atoms with Crippen molar-refractivity contribution in [2.75, 3.05) is 0 Å². The molecule has 1 aromatic carbocycles. The highest BCUT2D eigenvalue weighted by Crippen LogP contribution is 2.16. The highest BCUT2D eigenvalue weighted by Gasteiger charge is 2.05. The van der Waals surface area contributed by atoms with Gasteiger partial charge in [-0.2, -0.15) is 0 Å². The maximum absolute atomic E-state index is 12.2. The van der Waals surface area contributed by atoms with Crippen LogP contribution >= 0.6 is 23.1 Å². The second-order valence-electron chi connectivity index (χ2n) is 5.96. The van der Waals surface area contributed by atoms with E-state index in [1.165, 1.54) is 24.4 Å². The van der Waals surface area contributed by atoms with Crippen LogP contribution in [0, 0.1) is 0 Å². The monoisotopic (exact) mass is 362 g/mol. The average Bonchev–Trinajstić information content (AvgIpc) is 3.14. The fraction of sp³-hybridized carbons (Fsp3) is 0.444. The van der Waals surface area contributed by atoms with Gasteiger partial charge in [0.1, 0.15) is 0 Å². The maximum atomic E-state index is 12.2. The number of fused-ring (bicyclic) bond motifs is 1. The lowest BCUT2D eigenvalue weighted by molar-refractivity contribution is 0.543. The fourth-order valence-electron chi connectivity index (χ4n) is 2.84. The maximum Gasteiger partial charge on any atom is 0.268 e. The Balaban J connectivity index is 1.32. The van der Waals surface area contributed by atoms with Gasteiger partial charge in [-0.05, 0) is 25.0 Å². The zero-order valence-electron chi connectivity index (χ0n) is 13.6. The van der Waals surface area contributed by atoms with Gasteiger partial charge >= 0.3 is 0 Å². The summed E-state index contributed by atoms with van der Waals surface area (Å²) in [5, 5.41) is 2.68. The summed E-state index contributed by atoms with van der Waals surface area (Å²) in [7, 11) is 0. The van der Waals surface area contributed by atoms with Crippen LogP contribution in [-0.4, -0.2) is 7.91 Å². The van der Waals surface area contributed by atoms with Crippen LogP contribution in [0.2, 0.25) is 0 Å². The third kappa shape index (κ3) is 4.24. The second-order valence-corrected chi connectivity index (χ2v) is 7.95. The van der Waals surface area contributed by atoms with Crippen LogP contribution in [-0.2, 0) is 13.1 Å². The molecule has 0 aliphatic carbocycles. The Bertz CT molecular complexity index is 888. The number of aryl methyl sites for hydroxylation is 2. The summed E-state index contributed by atoms with van der Waals surface area (Å²) in [4.78, 5) is 23.6. The molecule has 0 unspecified atom stereocenters. The van der Waals surface area contributed by atoms with Crippen LogP contribution in [0.25, 0.3) is 10.1 Å². The predicted molar refractivity (Wildman–Crippen MR) is 102 cm³/mol. The molecule has 0 saturated heterocycles. The minimum atomic E-state index is 0.119. The van der Waals surface area contributed by atoms with Crippen LogP contribution in [0.1, 0.15) is 38.5 Å². The van der Waals surface area contributed by atoms with Crippen molar-refractivity contribution < 1.29 is 0 Å². The topological polar surface area (TPSA) is 44.0 Å². The smallest absolute Gasteiger partial charge is 0.268 e. The zero-order valence-corrected chi connectivity index (χ0v) is 15.3. The average molecular weight is 363 g/mol. The van der Waals surface area contributed by atoms with Gasteiger partial charge in [-0.1, -0.05) is 60.9 Å². The van der Waals surface area contributed by atoms with E-state index in [1.807, 2.05) is 37.6 Å².